The second kappa shape index (κ2) is 5.41. The molecule has 2 nitrogen and oxygen atoms in total. The lowest BCUT2D eigenvalue weighted by Gasteiger charge is -2.40. The van der Waals surface area contributed by atoms with Crippen LogP contribution >= 0.6 is 0 Å². The van der Waals surface area contributed by atoms with Gasteiger partial charge in [-0.25, -0.2) is 0 Å². The van der Waals surface area contributed by atoms with E-state index in [1.54, 1.807) is 0 Å². The van der Waals surface area contributed by atoms with Crippen LogP contribution in [-0.4, -0.2) is 11.7 Å². The zero-order valence-electron chi connectivity index (χ0n) is 11.6. The normalized spacial score (nSPS) is 20.7. The van der Waals surface area contributed by atoms with Gasteiger partial charge < -0.3 is 10.8 Å². The Kier molecular flexibility index (Phi) is 4.08. The van der Waals surface area contributed by atoms with E-state index in [0.717, 1.165) is 18.4 Å². The van der Waals surface area contributed by atoms with Gasteiger partial charge in [-0.15, -0.1) is 0 Å². The van der Waals surface area contributed by atoms with Gasteiger partial charge in [-0.05, 0) is 43.4 Å². The van der Waals surface area contributed by atoms with E-state index < -0.39 is 6.10 Å². The molecule has 1 aromatic carbocycles. The van der Waals surface area contributed by atoms with Crippen molar-refractivity contribution in [2.24, 2.45) is 11.1 Å². The Bertz CT molecular complexity index is 408. The van der Waals surface area contributed by atoms with Crippen LogP contribution in [0.4, 0.5) is 0 Å². The molecule has 1 atom stereocenters. The second-order valence-electron chi connectivity index (χ2n) is 5.87. The fourth-order valence-corrected chi connectivity index (χ4v) is 3.13. The maximum atomic E-state index is 10.7. The van der Waals surface area contributed by atoms with Crippen molar-refractivity contribution in [2.45, 2.75) is 52.1 Å². The molecular weight excluding hydrogens is 222 g/mol. The zero-order valence-corrected chi connectivity index (χ0v) is 11.6. The lowest BCUT2D eigenvalue weighted by Crippen LogP contribution is -2.38. The van der Waals surface area contributed by atoms with Gasteiger partial charge in [-0.3, -0.25) is 0 Å². The molecule has 0 aromatic heterocycles. The molecule has 1 unspecified atom stereocenters. The van der Waals surface area contributed by atoms with E-state index >= 15 is 0 Å². The largest absolute Gasteiger partial charge is 0.388 e. The minimum absolute atomic E-state index is 0.0973. The highest BCUT2D eigenvalue weighted by molar-refractivity contribution is 5.32. The third kappa shape index (κ3) is 2.45. The molecular formula is C16H25NO. The molecule has 1 fully saturated rings. The molecule has 0 bridgehead atoms. The van der Waals surface area contributed by atoms with Crippen LogP contribution in [0.25, 0.3) is 0 Å². The number of aliphatic hydroxyl groups is 1. The first kappa shape index (κ1) is 13.6. The summed E-state index contributed by atoms with van der Waals surface area (Å²) in [6.45, 7) is 4.79. The Morgan fingerprint density at radius 1 is 1.17 bits per heavy atom. The van der Waals surface area contributed by atoms with Crippen molar-refractivity contribution >= 4 is 0 Å². The summed E-state index contributed by atoms with van der Waals surface area (Å²) in [5, 5.41) is 10.7. The molecule has 1 aromatic rings. The third-order valence-corrected chi connectivity index (χ3v) is 4.68. The van der Waals surface area contributed by atoms with Gasteiger partial charge in [-0.2, -0.15) is 0 Å². The SMILES string of the molecule is Cc1ccc(C(O)C2(CN)CCCCC2)cc1C. The topological polar surface area (TPSA) is 46.2 Å². The van der Waals surface area contributed by atoms with Crippen molar-refractivity contribution in [3.63, 3.8) is 0 Å². The van der Waals surface area contributed by atoms with Crippen LogP contribution < -0.4 is 5.73 Å². The molecule has 0 saturated heterocycles. The lowest BCUT2D eigenvalue weighted by atomic mass is 9.68. The smallest absolute Gasteiger partial charge is 0.0858 e. The van der Waals surface area contributed by atoms with Crippen molar-refractivity contribution in [1.82, 2.24) is 0 Å². The van der Waals surface area contributed by atoms with Gasteiger partial charge in [-0.1, -0.05) is 37.5 Å². The molecule has 2 heteroatoms. The van der Waals surface area contributed by atoms with E-state index in [1.165, 1.54) is 30.4 Å². The van der Waals surface area contributed by atoms with Crippen LogP contribution in [0, 0.1) is 19.3 Å². The van der Waals surface area contributed by atoms with Gasteiger partial charge in [0, 0.05) is 12.0 Å². The number of benzene rings is 1. The fraction of sp³-hybridized carbons (Fsp3) is 0.625. The Morgan fingerprint density at radius 2 is 1.83 bits per heavy atom. The van der Waals surface area contributed by atoms with E-state index in [-0.39, 0.29) is 5.41 Å². The summed E-state index contributed by atoms with van der Waals surface area (Å²) in [7, 11) is 0. The number of nitrogens with two attached hydrogens (primary N) is 1. The molecule has 100 valence electrons. The molecule has 18 heavy (non-hydrogen) atoms. The number of hydrogen-bond donors (Lipinski definition) is 2. The highest BCUT2D eigenvalue weighted by atomic mass is 16.3. The van der Waals surface area contributed by atoms with Crippen molar-refractivity contribution in [3.8, 4) is 0 Å². The number of hydrogen-bond acceptors (Lipinski definition) is 2. The molecule has 1 aliphatic rings. The maximum absolute atomic E-state index is 10.7. The average Bonchev–Trinajstić information content (AvgIpc) is 2.42. The van der Waals surface area contributed by atoms with Crippen LogP contribution in [0.2, 0.25) is 0 Å². The van der Waals surface area contributed by atoms with Crippen LogP contribution in [0.1, 0.15) is 54.9 Å². The fourth-order valence-electron chi connectivity index (χ4n) is 3.13. The van der Waals surface area contributed by atoms with Gasteiger partial charge in [0.1, 0.15) is 0 Å². The minimum atomic E-state index is -0.415. The third-order valence-electron chi connectivity index (χ3n) is 4.68. The van der Waals surface area contributed by atoms with Crippen LogP contribution in [0.5, 0.6) is 0 Å². The van der Waals surface area contributed by atoms with Crippen LogP contribution in [0.15, 0.2) is 18.2 Å². The quantitative estimate of drug-likeness (QED) is 0.861. The van der Waals surface area contributed by atoms with Crippen LogP contribution in [0.3, 0.4) is 0 Å². The summed E-state index contributed by atoms with van der Waals surface area (Å²) in [5.41, 5.74) is 9.44. The Morgan fingerprint density at radius 3 is 2.39 bits per heavy atom. The van der Waals surface area contributed by atoms with Crippen molar-refractivity contribution in [1.29, 1.82) is 0 Å². The van der Waals surface area contributed by atoms with E-state index in [0.29, 0.717) is 6.54 Å². The number of aliphatic hydroxyl groups excluding tert-OH is 1. The number of rotatable bonds is 3. The summed E-state index contributed by atoms with van der Waals surface area (Å²) >= 11 is 0. The monoisotopic (exact) mass is 247 g/mol. The average molecular weight is 247 g/mol. The highest BCUT2D eigenvalue weighted by Gasteiger charge is 2.38. The zero-order chi connectivity index (χ0) is 13.2. The lowest BCUT2D eigenvalue weighted by molar-refractivity contribution is 0.000659. The first-order valence-corrected chi connectivity index (χ1v) is 7.04. The van der Waals surface area contributed by atoms with Gasteiger partial charge in [0.25, 0.3) is 0 Å². The standard InChI is InChI=1S/C16H25NO/c1-12-6-7-14(10-13(12)2)15(18)16(11-17)8-4-3-5-9-16/h6-7,10,15,18H,3-5,8-9,11,17H2,1-2H3. The minimum Gasteiger partial charge on any atom is -0.388 e. The summed E-state index contributed by atoms with van der Waals surface area (Å²) in [4.78, 5) is 0. The number of aryl methyl sites for hydroxylation is 2. The molecule has 3 N–H and O–H groups in total. The van der Waals surface area contributed by atoms with E-state index in [9.17, 15) is 5.11 Å². The van der Waals surface area contributed by atoms with Gasteiger partial charge in [0.05, 0.1) is 6.10 Å². The summed E-state index contributed by atoms with van der Waals surface area (Å²) in [6.07, 6.45) is 5.36. The summed E-state index contributed by atoms with van der Waals surface area (Å²) in [6, 6.07) is 6.27. The van der Waals surface area contributed by atoms with Gasteiger partial charge >= 0.3 is 0 Å². The highest BCUT2D eigenvalue weighted by Crippen LogP contribution is 2.45. The van der Waals surface area contributed by atoms with E-state index in [2.05, 4.69) is 32.0 Å². The molecule has 0 amide bonds. The molecule has 0 spiro atoms. The molecule has 0 radical (unpaired) electrons. The van der Waals surface area contributed by atoms with Gasteiger partial charge in [0.15, 0.2) is 0 Å². The first-order chi connectivity index (χ1) is 8.59. The molecule has 2 rings (SSSR count). The van der Waals surface area contributed by atoms with Gasteiger partial charge in [0.2, 0.25) is 0 Å². The van der Waals surface area contributed by atoms with Crippen molar-refractivity contribution < 1.29 is 5.11 Å². The van der Waals surface area contributed by atoms with E-state index in [1.807, 2.05) is 0 Å². The summed E-state index contributed by atoms with van der Waals surface area (Å²) < 4.78 is 0. The Labute approximate surface area is 110 Å². The molecule has 0 aliphatic heterocycles. The Hall–Kier alpha value is -0.860. The maximum Gasteiger partial charge on any atom is 0.0858 e. The van der Waals surface area contributed by atoms with Crippen LogP contribution in [-0.2, 0) is 0 Å². The first-order valence-electron chi connectivity index (χ1n) is 7.04. The molecule has 1 aliphatic carbocycles. The van der Waals surface area contributed by atoms with Crippen molar-refractivity contribution in [3.05, 3.63) is 34.9 Å². The van der Waals surface area contributed by atoms with Crippen molar-refractivity contribution in [2.75, 3.05) is 6.54 Å². The molecule has 0 heterocycles. The Balaban J connectivity index is 2.27. The second-order valence-corrected chi connectivity index (χ2v) is 5.87. The molecule has 1 saturated carbocycles. The predicted octanol–water partition coefficient (Wildman–Crippen LogP) is 3.25. The predicted molar refractivity (Wildman–Crippen MR) is 75.4 cm³/mol. The summed E-state index contributed by atoms with van der Waals surface area (Å²) in [5.74, 6) is 0. The van der Waals surface area contributed by atoms with E-state index in [4.69, 9.17) is 5.73 Å².